The molecule has 0 bridgehead atoms. The van der Waals surface area contributed by atoms with E-state index in [2.05, 4.69) is 27.5 Å². The van der Waals surface area contributed by atoms with E-state index in [1.807, 2.05) is 24.3 Å². The Bertz CT molecular complexity index is 1160. The lowest BCUT2D eigenvalue weighted by Gasteiger charge is -2.13. The van der Waals surface area contributed by atoms with Crippen LogP contribution in [-0.2, 0) is 6.18 Å². The van der Waals surface area contributed by atoms with Crippen LogP contribution in [-0.4, -0.2) is 21.9 Å². The zero-order chi connectivity index (χ0) is 23.4. The summed E-state index contributed by atoms with van der Waals surface area (Å²) in [6.07, 6.45) is 2.12. The minimum atomic E-state index is -4.41. The number of nitrogens with zero attached hydrogens (tertiary/aromatic N) is 2. The highest BCUT2D eigenvalue weighted by molar-refractivity contribution is 5.94. The van der Waals surface area contributed by atoms with Crippen LogP contribution in [0.4, 0.5) is 24.7 Å². The number of anilines is 2. The van der Waals surface area contributed by atoms with E-state index in [0.29, 0.717) is 11.4 Å². The number of nitrogens with one attached hydrogen (secondary N) is 2. The van der Waals surface area contributed by atoms with Crippen molar-refractivity contribution in [2.75, 3.05) is 5.32 Å². The number of aromatic nitrogens is 2. The Hall–Kier alpha value is -3.68. The maximum Gasteiger partial charge on any atom is 0.417 e. The number of hydrogen-bond donors (Lipinski definition) is 2. The summed E-state index contributed by atoms with van der Waals surface area (Å²) in [6.45, 7) is 2.05. The van der Waals surface area contributed by atoms with Crippen LogP contribution in [0, 0.1) is 0 Å². The molecule has 0 radical (unpaired) electrons. The average Bonchev–Trinajstić information content (AvgIpc) is 3.27. The quantitative estimate of drug-likeness (QED) is 0.499. The maximum absolute atomic E-state index is 12.7. The smallest absolute Gasteiger partial charge is 0.349 e. The molecular formula is C25H23F3N4O. The minimum absolute atomic E-state index is 0.0697. The first-order chi connectivity index (χ1) is 15.8. The number of allylic oxidation sites excluding steroid dienone is 1. The fourth-order valence-electron chi connectivity index (χ4n) is 3.90. The Balaban J connectivity index is 1.43. The van der Waals surface area contributed by atoms with Crippen LogP contribution in [0.15, 0.2) is 72.7 Å². The van der Waals surface area contributed by atoms with Gasteiger partial charge in [0.15, 0.2) is 0 Å². The predicted octanol–water partition coefficient (Wildman–Crippen LogP) is 6.00. The van der Waals surface area contributed by atoms with Gasteiger partial charge in [0.25, 0.3) is 5.91 Å². The van der Waals surface area contributed by atoms with Crippen LogP contribution >= 0.6 is 0 Å². The van der Waals surface area contributed by atoms with E-state index >= 15 is 0 Å². The fraction of sp³-hybridized carbons (Fsp3) is 0.240. The van der Waals surface area contributed by atoms with Crippen LogP contribution in [0.5, 0.6) is 0 Å². The summed E-state index contributed by atoms with van der Waals surface area (Å²) in [5, 5.41) is 6.13. The van der Waals surface area contributed by atoms with Gasteiger partial charge in [0.2, 0.25) is 0 Å². The van der Waals surface area contributed by atoms with Gasteiger partial charge in [0, 0.05) is 30.3 Å². The van der Waals surface area contributed by atoms with Gasteiger partial charge in [-0.05, 0) is 73.7 Å². The highest BCUT2D eigenvalue weighted by Crippen LogP contribution is 2.33. The molecule has 170 valence electrons. The van der Waals surface area contributed by atoms with E-state index < -0.39 is 11.7 Å². The van der Waals surface area contributed by atoms with Crippen molar-refractivity contribution in [2.24, 2.45) is 0 Å². The summed E-state index contributed by atoms with van der Waals surface area (Å²) >= 11 is 0. The van der Waals surface area contributed by atoms with E-state index in [0.717, 1.165) is 48.3 Å². The molecule has 2 heterocycles. The number of pyridine rings is 2. The number of alkyl halides is 3. The molecule has 2 N–H and O–H groups in total. The van der Waals surface area contributed by atoms with Gasteiger partial charge in [-0.15, -0.1) is 0 Å². The van der Waals surface area contributed by atoms with Crippen LogP contribution in [0.25, 0.3) is 5.57 Å². The standard InChI is InChI=1S/C25H23F3N4O/c1-16(18-7-9-22(13-18)32-24(33)19-5-3-11-29-14-19)17-4-2-6-21(12-17)31-23-10-8-20(15-30-23)25(26,27)28/h2-6,8,10-12,14-15,22H,7,9,13H2,1H3,(H,30,31)(H,32,33). The third-order valence-electron chi connectivity index (χ3n) is 5.74. The van der Waals surface area contributed by atoms with Crippen molar-refractivity contribution in [1.29, 1.82) is 0 Å². The van der Waals surface area contributed by atoms with Gasteiger partial charge in [-0.2, -0.15) is 13.2 Å². The van der Waals surface area contributed by atoms with E-state index in [1.165, 1.54) is 11.6 Å². The summed E-state index contributed by atoms with van der Waals surface area (Å²) in [6, 6.07) is 13.5. The third-order valence-corrected chi connectivity index (χ3v) is 5.74. The molecule has 1 aliphatic rings. The molecule has 4 rings (SSSR count). The lowest BCUT2D eigenvalue weighted by molar-refractivity contribution is -0.137. The van der Waals surface area contributed by atoms with Crippen molar-refractivity contribution in [3.05, 3.63) is 89.4 Å². The lowest BCUT2D eigenvalue weighted by atomic mass is 9.99. The van der Waals surface area contributed by atoms with Gasteiger partial charge in [0.05, 0.1) is 11.1 Å². The highest BCUT2D eigenvalue weighted by atomic mass is 19.4. The summed E-state index contributed by atoms with van der Waals surface area (Å²) in [5.41, 5.74) is 3.92. The molecule has 1 amide bonds. The molecule has 1 aromatic carbocycles. The molecule has 0 saturated heterocycles. The average molecular weight is 452 g/mol. The molecule has 1 aliphatic carbocycles. The number of carbonyl (C=O) groups excluding carboxylic acids is 1. The summed E-state index contributed by atoms with van der Waals surface area (Å²) < 4.78 is 38.2. The number of carbonyl (C=O) groups is 1. The monoisotopic (exact) mass is 452 g/mol. The van der Waals surface area contributed by atoms with Gasteiger partial charge in [0.1, 0.15) is 5.82 Å². The van der Waals surface area contributed by atoms with Crippen molar-refractivity contribution in [1.82, 2.24) is 15.3 Å². The Morgan fingerprint density at radius 1 is 1.06 bits per heavy atom. The molecule has 33 heavy (non-hydrogen) atoms. The third kappa shape index (κ3) is 5.58. The summed E-state index contributed by atoms with van der Waals surface area (Å²) in [4.78, 5) is 20.3. The van der Waals surface area contributed by atoms with Gasteiger partial charge in [-0.25, -0.2) is 4.98 Å². The fourth-order valence-corrected chi connectivity index (χ4v) is 3.90. The number of amides is 1. The maximum atomic E-state index is 12.7. The van der Waals surface area contributed by atoms with E-state index in [4.69, 9.17) is 0 Å². The second-order valence-electron chi connectivity index (χ2n) is 8.02. The molecule has 8 heteroatoms. The van der Waals surface area contributed by atoms with E-state index in [9.17, 15) is 18.0 Å². The van der Waals surface area contributed by atoms with Gasteiger partial charge < -0.3 is 10.6 Å². The minimum Gasteiger partial charge on any atom is -0.349 e. The van der Waals surface area contributed by atoms with Gasteiger partial charge in [-0.1, -0.05) is 17.7 Å². The SMILES string of the molecule is CC(=C1CCC(NC(=O)c2cccnc2)C1)c1cccc(Nc2ccc(C(F)(F)F)cn2)c1. The molecule has 1 saturated carbocycles. The predicted molar refractivity (Wildman–Crippen MR) is 121 cm³/mol. The molecular weight excluding hydrogens is 429 g/mol. The largest absolute Gasteiger partial charge is 0.417 e. The molecule has 2 aromatic heterocycles. The zero-order valence-electron chi connectivity index (χ0n) is 18.0. The first kappa shape index (κ1) is 22.5. The number of hydrogen-bond acceptors (Lipinski definition) is 4. The Kier molecular flexibility index (Phi) is 6.44. The molecule has 1 fully saturated rings. The molecule has 0 spiro atoms. The molecule has 5 nitrogen and oxygen atoms in total. The Labute approximate surface area is 189 Å². The van der Waals surface area contributed by atoms with E-state index in [-0.39, 0.29) is 11.9 Å². The first-order valence-corrected chi connectivity index (χ1v) is 10.6. The summed E-state index contributed by atoms with van der Waals surface area (Å²) in [5.74, 6) is 0.215. The van der Waals surface area contributed by atoms with Crippen molar-refractivity contribution in [2.45, 2.75) is 38.4 Å². The van der Waals surface area contributed by atoms with Gasteiger partial charge in [-0.3, -0.25) is 9.78 Å². The van der Waals surface area contributed by atoms with Crippen LogP contribution in [0.3, 0.4) is 0 Å². The van der Waals surface area contributed by atoms with Crippen molar-refractivity contribution >= 4 is 23.0 Å². The highest BCUT2D eigenvalue weighted by Gasteiger charge is 2.30. The second-order valence-corrected chi connectivity index (χ2v) is 8.02. The molecule has 1 atom stereocenters. The Morgan fingerprint density at radius 2 is 1.88 bits per heavy atom. The van der Waals surface area contributed by atoms with Crippen LogP contribution in [0.2, 0.25) is 0 Å². The normalized spacial score (nSPS) is 17.5. The summed E-state index contributed by atoms with van der Waals surface area (Å²) in [7, 11) is 0. The topological polar surface area (TPSA) is 66.9 Å². The first-order valence-electron chi connectivity index (χ1n) is 10.6. The van der Waals surface area contributed by atoms with Gasteiger partial charge >= 0.3 is 6.18 Å². The lowest BCUT2D eigenvalue weighted by Crippen LogP contribution is -2.32. The number of benzene rings is 1. The van der Waals surface area contributed by atoms with E-state index in [1.54, 1.807) is 24.5 Å². The second kappa shape index (κ2) is 9.44. The number of halogens is 3. The molecule has 3 aromatic rings. The van der Waals surface area contributed by atoms with Crippen molar-refractivity contribution < 1.29 is 18.0 Å². The number of rotatable bonds is 5. The zero-order valence-corrected chi connectivity index (χ0v) is 18.0. The Morgan fingerprint density at radius 3 is 2.58 bits per heavy atom. The van der Waals surface area contributed by atoms with Crippen LogP contribution < -0.4 is 10.6 Å². The molecule has 0 aliphatic heterocycles. The molecule has 1 unspecified atom stereocenters. The van der Waals surface area contributed by atoms with Crippen molar-refractivity contribution in [3.8, 4) is 0 Å². The van der Waals surface area contributed by atoms with Crippen molar-refractivity contribution in [3.63, 3.8) is 0 Å². The van der Waals surface area contributed by atoms with Crippen LogP contribution in [0.1, 0.15) is 47.7 Å².